The van der Waals surface area contributed by atoms with Gasteiger partial charge in [0.15, 0.2) is 0 Å². The lowest BCUT2D eigenvalue weighted by atomic mass is 9.80. The molecular weight excluding hydrogens is 252 g/mol. The molecule has 3 fully saturated rings. The Kier molecular flexibility index (Phi) is 3.24. The zero-order valence-corrected chi connectivity index (χ0v) is 12.8. The highest BCUT2D eigenvalue weighted by molar-refractivity contribution is 5.87. The van der Waals surface area contributed by atoms with Crippen LogP contribution in [0.4, 0.5) is 0 Å². The van der Waals surface area contributed by atoms with Crippen LogP contribution in [0.2, 0.25) is 0 Å². The molecule has 0 aromatic carbocycles. The quantitative estimate of drug-likeness (QED) is 0.638. The van der Waals surface area contributed by atoms with Crippen molar-refractivity contribution in [3.63, 3.8) is 0 Å². The van der Waals surface area contributed by atoms with E-state index in [4.69, 9.17) is 4.74 Å². The SMILES string of the molecule is C=C(C)C(=O)OC(C)(C)C1CC2C3CC(O)C(C3)C2C1. The van der Waals surface area contributed by atoms with Crippen LogP contribution in [-0.4, -0.2) is 22.8 Å². The monoisotopic (exact) mass is 278 g/mol. The van der Waals surface area contributed by atoms with E-state index in [2.05, 4.69) is 6.58 Å². The summed E-state index contributed by atoms with van der Waals surface area (Å²) >= 11 is 0. The molecule has 112 valence electrons. The topological polar surface area (TPSA) is 46.5 Å². The minimum Gasteiger partial charge on any atom is -0.456 e. The third-order valence-electron chi connectivity index (χ3n) is 6.12. The van der Waals surface area contributed by atoms with Crippen molar-refractivity contribution in [2.75, 3.05) is 0 Å². The number of rotatable bonds is 3. The Morgan fingerprint density at radius 3 is 2.45 bits per heavy atom. The molecule has 20 heavy (non-hydrogen) atoms. The molecule has 3 saturated carbocycles. The second kappa shape index (κ2) is 4.59. The molecular formula is C17H26O3. The van der Waals surface area contributed by atoms with Crippen LogP contribution in [0.5, 0.6) is 0 Å². The average molecular weight is 278 g/mol. The fourth-order valence-corrected chi connectivity index (χ4v) is 5.01. The van der Waals surface area contributed by atoms with Crippen LogP contribution < -0.4 is 0 Å². The predicted molar refractivity (Wildman–Crippen MR) is 76.9 cm³/mol. The molecule has 3 aliphatic carbocycles. The molecule has 0 aliphatic heterocycles. The Balaban J connectivity index is 1.68. The van der Waals surface area contributed by atoms with Gasteiger partial charge in [0.2, 0.25) is 0 Å². The summed E-state index contributed by atoms with van der Waals surface area (Å²) < 4.78 is 5.67. The molecule has 0 spiro atoms. The maximum Gasteiger partial charge on any atom is 0.333 e. The van der Waals surface area contributed by atoms with Gasteiger partial charge in [0, 0.05) is 5.57 Å². The number of aliphatic hydroxyl groups is 1. The largest absolute Gasteiger partial charge is 0.456 e. The van der Waals surface area contributed by atoms with E-state index in [0.717, 1.165) is 25.2 Å². The third kappa shape index (κ3) is 2.11. The number of carbonyl (C=O) groups excluding carboxylic acids is 1. The van der Waals surface area contributed by atoms with Crippen LogP contribution in [-0.2, 0) is 9.53 Å². The van der Waals surface area contributed by atoms with Crippen molar-refractivity contribution in [3.8, 4) is 0 Å². The first-order chi connectivity index (χ1) is 9.29. The third-order valence-corrected chi connectivity index (χ3v) is 6.12. The summed E-state index contributed by atoms with van der Waals surface area (Å²) in [5.41, 5.74) is 0.0388. The van der Waals surface area contributed by atoms with Gasteiger partial charge in [-0.25, -0.2) is 4.79 Å². The maximum absolute atomic E-state index is 11.8. The molecule has 0 amide bonds. The van der Waals surface area contributed by atoms with Gasteiger partial charge < -0.3 is 9.84 Å². The molecule has 0 aromatic heterocycles. The zero-order valence-electron chi connectivity index (χ0n) is 12.8. The number of hydrogen-bond acceptors (Lipinski definition) is 3. The summed E-state index contributed by atoms with van der Waals surface area (Å²) in [6, 6.07) is 0. The van der Waals surface area contributed by atoms with Gasteiger partial charge >= 0.3 is 5.97 Å². The number of aliphatic hydroxyl groups excluding tert-OH is 1. The van der Waals surface area contributed by atoms with Crippen molar-refractivity contribution in [1.29, 1.82) is 0 Å². The molecule has 3 aliphatic rings. The van der Waals surface area contributed by atoms with Crippen molar-refractivity contribution in [3.05, 3.63) is 12.2 Å². The highest BCUT2D eigenvalue weighted by Crippen LogP contribution is 2.61. The molecule has 0 saturated heterocycles. The molecule has 0 aromatic rings. The first-order valence-electron chi connectivity index (χ1n) is 7.86. The Bertz CT molecular complexity index is 440. The normalized spacial score (nSPS) is 42.6. The summed E-state index contributed by atoms with van der Waals surface area (Å²) in [6.07, 6.45) is 4.37. The molecule has 3 heteroatoms. The molecule has 0 radical (unpaired) electrons. The van der Waals surface area contributed by atoms with Crippen molar-refractivity contribution in [1.82, 2.24) is 0 Å². The smallest absolute Gasteiger partial charge is 0.333 e. The Hall–Kier alpha value is -0.830. The molecule has 6 atom stereocenters. The fourth-order valence-electron chi connectivity index (χ4n) is 5.01. The van der Waals surface area contributed by atoms with Crippen LogP contribution in [0.25, 0.3) is 0 Å². The van der Waals surface area contributed by atoms with E-state index in [1.807, 2.05) is 13.8 Å². The standard InChI is InChI=1S/C17H26O3/c1-9(2)16(19)20-17(3,4)11-7-12-10-5-14(13(12)8-11)15(18)6-10/h10-15,18H,1,5-8H2,2-4H3. The number of hydrogen-bond donors (Lipinski definition) is 1. The Morgan fingerprint density at radius 1 is 1.15 bits per heavy atom. The number of ether oxygens (including phenoxy) is 1. The molecule has 0 heterocycles. The van der Waals surface area contributed by atoms with Gasteiger partial charge in [-0.15, -0.1) is 0 Å². The predicted octanol–water partition coefficient (Wildman–Crippen LogP) is 2.93. The van der Waals surface area contributed by atoms with Gasteiger partial charge in [0.05, 0.1) is 6.10 Å². The summed E-state index contributed by atoms with van der Waals surface area (Å²) in [7, 11) is 0. The van der Waals surface area contributed by atoms with E-state index < -0.39 is 5.60 Å². The molecule has 3 rings (SSSR count). The van der Waals surface area contributed by atoms with E-state index in [1.54, 1.807) is 6.92 Å². The zero-order chi connectivity index (χ0) is 14.7. The van der Waals surface area contributed by atoms with Gasteiger partial charge in [-0.1, -0.05) is 6.58 Å². The second-order valence-corrected chi connectivity index (χ2v) is 7.73. The molecule has 3 nitrogen and oxygen atoms in total. The minimum absolute atomic E-state index is 0.0823. The van der Waals surface area contributed by atoms with E-state index in [-0.39, 0.29) is 12.1 Å². The van der Waals surface area contributed by atoms with E-state index >= 15 is 0 Å². The minimum atomic E-state index is -0.426. The molecule has 1 N–H and O–H groups in total. The highest BCUT2D eigenvalue weighted by Gasteiger charge is 2.57. The summed E-state index contributed by atoms with van der Waals surface area (Å²) in [5, 5.41) is 10.1. The van der Waals surface area contributed by atoms with Gasteiger partial charge in [-0.05, 0) is 76.0 Å². The highest BCUT2D eigenvalue weighted by atomic mass is 16.6. The van der Waals surface area contributed by atoms with Gasteiger partial charge in [-0.3, -0.25) is 0 Å². The lowest BCUT2D eigenvalue weighted by molar-refractivity contribution is -0.156. The van der Waals surface area contributed by atoms with Crippen molar-refractivity contribution >= 4 is 5.97 Å². The Labute approximate surface area is 121 Å². The van der Waals surface area contributed by atoms with Crippen LogP contribution in [0, 0.1) is 29.6 Å². The van der Waals surface area contributed by atoms with Crippen LogP contribution in [0.15, 0.2) is 12.2 Å². The molecule has 6 unspecified atom stereocenters. The van der Waals surface area contributed by atoms with E-state index in [1.165, 1.54) is 6.42 Å². The summed E-state index contributed by atoms with van der Waals surface area (Å²) in [4.78, 5) is 11.8. The van der Waals surface area contributed by atoms with Crippen molar-refractivity contribution in [2.24, 2.45) is 29.6 Å². The maximum atomic E-state index is 11.8. The second-order valence-electron chi connectivity index (χ2n) is 7.73. The van der Waals surface area contributed by atoms with Crippen LogP contribution >= 0.6 is 0 Å². The fraction of sp³-hybridized carbons (Fsp3) is 0.824. The number of fused-ring (bicyclic) bond motifs is 5. The number of esters is 1. The van der Waals surface area contributed by atoms with Gasteiger partial charge in [0.1, 0.15) is 5.60 Å². The first-order valence-corrected chi connectivity index (χ1v) is 7.86. The van der Waals surface area contributed by atoms with Crippen LogP contribution in [0.3, 0.4) is 0 Å². The van der Waals surface area contributed by atoms with Crippen LogP contribution in [0.1, 0.15) is 46.5 Å². The first kappa shape index (κ1) is 14.1. The lowest BCUT2D eigenvalue weighted by Gasteiger charge is -2.32. The average Bonchev–Trinajstić information content (AvgIpc) is 2.97. The molecule has 2 bridgehead atoms. The van der Waals surface area contributed by atoms with E-state index in [0.29, 0.717) is 29.2 Å². The van der Waals surface area contributed by atoms with Gasteiger partial charge in [0.25, 0.3) is 0 Å². The number of carbonyl (C=O) groups is 1. The van der Waals surface area contributed by atoms with E-state index in [9.17, 15) is 9.90 Å². The Morgan fingerprint density at radius 2 is 1.80 bits per heavy atom. The lowest BCUT2D eigenvalue weighted by Crippen LogP contribution is -2.36. The van der Waals surface area contributed by atoms with Gasteiger partial charge in [-0.2, -0.15) is 0 Å². The van der Waals surface area contributed by atoms with Crippen molar-refractivity contribution in [2.45, 2.75) is 58.2 Å². The summed E-state index contributed by atoms with van der Waals surface area (Å²) in [6.45, 7) is 9.40. The van der Waals surface area contributed by atoms with Crippen molar-refractivity contribution < 1.29 is 14.6 Å². The summed E-state index contributed by atoms with van der Waals surface area (Å²) in [5.74, 6) is 2.74.